The molecule has 1 aliphatic rings. The lowest BCUT2D eigenvalue weighted by Gasteiger charge is -2.36. The van der Waals surface area contributed by atoms with E-state index >= 15 is 0 Å². The molecule has 3 aromatic rings. The summed E-state index contributed by atoms with van der Waals surface area (Å²) in [4.78, 5) is 18.2. The molecule has 130 valence electrons. The second kappa shape index (κ2) is 7.16. The fraction of sp³-hybridized carbons (Fsp3) is 0.389. The maximum atomic E-state index is 6.00. The predicted octanol–water partition coefficient (Wildman–Crippen LogP) is 2.05. The van der Waals surface area contributed by atoms with Gasteiger partial charge in [0.25, 0.3) is 0 Å². The second-order valence-corrected chi connectivity index (χ2v) is 6.39. The number of ether oxygens (including phenoxy) is 1. The summed E-state index contributed by atoms with van der Waals surface area (Å²) in [6.45, 7) is 5.66. The van der Waals surface area contributed by atoms with Crippen LogP contribution >= 0.6 is 0 Å². The number of morpholine rings is 1. The Labute approximate surface area is 146 Å². The Morgan fingerprint density at radius 1 is 1.28 bits per heavy atom. The Bertz CT molecular complexity index is 821. The van der Waals surface area contributed by atoms with E-state index in [0.717, 1.165) is 37.6 Å². The maximum Gasteiger partial charge on any atom is 0.182 e. The molecule has 7 heteroatoms. The number of nitrogens with zero attached hydrogens (tertiary/aromatic N) is 4. The van der Waals surface area contributed by atoms with Gasteiger partial charge in [-0.3, -0.25) is 4.90 Å². The molecule has 0 spiro atoms. The van der Waals surface area contributed by atoms with Gasteiger partial charge in [0.1, 0.15) is 11.8 Å². The van der Waals surface area contributed by atoms with Crippen molar-refractivity contribution in [3.63, 3.8) is 0 Å². The number of benzene rings is 1. The molecule has 3 heterocycles. The van der Waals surface area contributed by atoms with Gasteiger partial charge in [-0.15, -0.1) is 0 Å². The van der Waals surface area contributed by atoms with Crippen LogP contribution in [0.5, 0.6) is 0 Å². The van der Waals surface area contributed by atoms with Crippen LogP contribution in [0.15, 0.2) is 43.0 Å². The molecule has 1 aromatic carbocycles. The van der Waals surface area contributed by atoms with E-state index in [1.165, 1.54) is 11.9 Å². The van der Waals surface area contributed by atoms with Crippen molar-refractivity contribution in [3.05, 3.63) is 48.5 Å². The van der Waals surface area contributed by atoms with Gasteiger partial charge < -0.3 is 15.0 Å². The van der Waals surface area contributed by atoms with E-state index in [1.807, 2.05) is 0 Å². The zero-order valence-corrected chi connectivity index (χ0v) is 14.2. The first-order valence-electron chi connectivity index (χ1n) is 8.58. The maximum absolute atomic E-state index is 6.00. The normalized spacial score (nSPS) is 19.8. The van der Waals surface area contributed by atoms with E-state index in [9.17, 15) is 0 Å². The number of aromatic amines is 1. The van der Waals surface area contributed by atoms with Gasteiger partial charge in [0.15, 0.2) is 11.5 Å². The number of imidazole rings is 1. The highest BCUT2D eigenvalue weighted by atomic mass is 16.5. The van der Waals surface area contributed by atoms with Gasteiger partial charge in [-0.25, -0.2) is 15.0 Å². The van der Waals surface area contributed by atoms with Crippen molar-refractivity contribution in [2.24, 2.45) is 0 Å². The highest BCUT2D eigenvalue weighted by Gasteiger charge is 2.26. The van der Waals surface area contributed by atoms with Gasteiger partial charge >= 0.3 is 0 Å². The van der Waals surface area contributed by atoms with E-state index in [1.54, 1.807) is 6.33 Å². The summed E-state index contributed by atoms with van der Waals surface area (Å²) in [6.07, 6.45) is 3.26. The molecule has 1 aliphatic heterocycles. The Hall–Kier alpha value is -2.51. The monoisotopic (exact) mass is 338 g/mol. The van der Waals surface area contributed by atoms with Crippen LogP contribution in [0.1, 0.15) is 12.5 Å². The average molecular weight is 338 g/mol. The average Bonchev–Trinajstić information content (AvgIpc) is 3.13. The van der Waals surface area contributed by atoms with Gasteiger partial charge in [-0.05, 0) is 12.5 Å². The van der Waals surface area contributed by atoms with Gasteiger partial charge in [-0.2, -0.15) is 0 Å². The fourth-order valence-corrected chi connectivity index (χ4v) is 3.20. The third-order valence-corrected chi connectivity index (χ3v) is 4.57. The van der Waals surface area contributed by atoms with Crippen LogP contribution < -0.4 is 5.32 Å². The first-order valence-corrected chi connectivity index (χ1v) is 8.58. The number of rotatable bonds is 5. The number of aromatic nitrogens is 4. The van der Waals surface area contributed by atoms with Crippen molar-refractivity contribution in [3.8, 4) is 0 Å². The largest absolute Gasteiger partial charge is 0.373 e. The molecule has 2 atom stereocenters. The summed E-state index contributed by atoms with van der Waals surface area (Å²) in [5, 5.41) is 3.45. The summed E-state index contributed by atoms with van der Waals surface area (Å²) >= 11 is 0. The van der Waals surface area contributed by atoms with Crippen LogP contribution in [0.25, 0.3) is 11.2 Å². The summed E-state index contributed by atoms with van der Waals surface area (Å²) < 4.78 is 6.00. The fourth-order valence-electron chi connectivity index (χ4n) is 3.20. The molecule has 0 aliphatic carbocycles. The minimum Gasteiger partial charge on any atom is -0.373 e. The number of hydrogen-bond donors (Lipinski definition) is 2. The third-order valence-electron chi connectivity index (χ3n) is 4.57. The number of fused-ring (bicyclic) bond motifs is 1. The lowest BCUT2D eigenvalue weighted by atomic mass is 10.1. The Kier molecular flexibility index (Phi) is 4.58. The molecule has 1 fully saturated rings. The molecule has 7 nitrogen and oxygen atoms in total. The SMILES string of the molecule is C[C@H](Nc1ncnc2nc[nH]c12)[C@@H]1CN(Cc2ccccc2)CCO1. The van der Waals surface area contributed by atoms with Crippen molar-refractivity contribution in [2.45, 2.75) is 25.6 Å². The van der Waals surface area contributed by atoms with Crippen molar-refractivity contribution >= 4 is 17.0 Å². The molecular formula is C18H22N6O. The minimum absolute atomic E-state index is 0.102. The summed E-state index contributed by atoms with van der Waals surface area (Å²) in [5.74, 6) is 0.763. The van der Waals surface area contributed by atoms with Crippen LogP contribution in [0.3, 0.4) is 0 Å². The summed E-state index contributed by atoms with van der Waals surface area (Å²) in [5.41, 5.74) is 2.82. The molecule has 0 saturated carbocycles. The number of H-pyrrole nitrogens is 1. The standard InChI is InChI=1S/C18H22N6O/c1-13(23-18-16-17(20-11-19-16)21-12-22-18)15-10-24(7-8-25-15)9-14-5-3-2-4-6-14/h2-6,11-13,15H,7-10H2,1H3,(H2,19,20,21,22,23)/t13-,15-/m0/s1. The predicted molar refractivity (Wildman–Crippen MR) is 96.2 cm³/mol. The highest BCUT2D eigenvalue weighted by molar-refractivity contribution is 5.82. The lowest BCUT2D eigenvalue weighted by Crippen LogP contribution is -2.48. The second-order valence-electron chi connectivity index (χ2n) is 6.39. The third kappa shape index (κ3) is 3.62. The number of nitrogens with one attached hydrogen (secondary N) is 2. The Balaban J connectivity index is 1.41. The Morgan fingerprint density at radius 3 is 3.04 bits per heavy atom. The van der Waals surface area contributed by atoms with Gasteiger partial charge in [0.2, 0.25) is 0 Å². The molecule has 4 rings (SSSR count). The van der Waals surface area contributed by atoms with Crippen molar-refractivity contribution < 1.29 is 4.74 Å². The first-order chi connectivity index (χ1) is 12.3. The molecule has 25 heavy (non-hydrogen) atoms. The molecule has 2 aromatic heterocycles. The first kappa shape index (κ1) is 16.0. The van der Waals surface area contributed by atoms with E-state index in [2.05, 4.69) is 67.4 Å². The van der Waals surface area contributed by atoms with Gasteiger partial charge in [0.05, 0.1) is 25.1 Å². The minimum atomic E-state index is 0.102. The number of anilines is 1. The lowest BCUT2D eigenvalue weighted by molar-refractivity contribution is -0.0374. The molecule has 2 N–H and O–H groups in total. The quantitative estimate of drug-likeness (QED) is 0.741. The van der Waals surface area contributed by atoms with E-state index in [-0.39, 0.29) is 12.1 Å². The van der Waals surface area contributed by atoms with E-state index in [4.69, 9.17) is 4.74 Å². The molecule has 0 radical (unpaired) electrons. The zero-order valence-electron chi connectivity index (χ0n) is 14.2. The van der Waals surface area contributed by atoms with Crippen LogP contribution in [0.2, 0.25) is 0 Å². The smallest absolute Gasteiger partial charge is 0.182 e. The molecule has 0 amide bonds. The highest BCUT2D eigenvalue weighted by Crippen LogP contribution is 2.19. The van der Waals surface area contributed by atoms with Crippen LogP contribution in [-0.2, 0) is 11.3 Å². The molecule has 1 saturated heterocycles. The van der Waals surface area contributed by atoms with E-state index < -0.39 is 0 Å². The van der Waals surface area contributed by atoms with Crippen LogP contribution in [0, 0.1) is 0 Å². The van der Waals surface area contributed by atoms with Crippen molar-refractivity contribution in [1.82, 2.24) is 24.8 Å². The van der Waals surface area contributed by atoms with Crippen molar-refractivity contribution in [1.29, 1.82) is 0 Å². The van der Waals surface area contributed by atoms with Gasteiger partial charge in [0, 0.05) is 19.6 Å². The zero-order chi connectivity index (χ0) is 17.1. The number of hydrogen-bond acceptors (Lipinski definition) is 6. The Morgan fingerprint density at radius 2 is 2.16 bits per heavy atom. The van der Waals surface area contributed by atoms with Crippen LogP contribution in [-0.4, -0.2) is 56.7 Å². The topological polar surface area (TPSA) is 79.0 Å². The molecule has 0 bridgehead atoms. The van der Waals surface area contributed by atoms with Gasteiger partial charge in [-0.1, -0.05) is 30.3 Å². The van der Waals surface area contributed by atoms with Crippen LogP contribution in [0.4, 0.5) is 5.82 Å². The van der Waals surface area contributed by atoms with Crippen molar-refractivity contribution in [2.75, 3.05) is 25.0 Å². The molecular weight excluding hydrogens is 316 g/mol. The molecule has 0 unspecified atom stereocenters. The summed E-state index contributed by atoms with van der Waals surface area (Å²) in [7, 11) is 0. The van der Waals surface area contributed by atoms with E-state index in [0.29, 0.717) is 5.65 Å². The summed E-state index contributed by atoms with van der Waals surface area (Å²) in [6, 6.07) is 10.7.